The number of fused-ring (bicyclic) bond motifs is 14. The fourth-order valence-corrected chi connectivity index (χ4v) is 15.6. The van der Waals surface area contributed by atoms with Crippen LogP contribution in [-0.4, -0.2) is 0 Å². The van der Waals surface area contributed by atoms with Crippen molar-refractivity contribution >= 4 is 111 Å². The zero-order valence-electron chi connectivity index (χ0n) is 50.9. The van der Waals surface area contributed by atoms with Gasteiger partial charge in [0.1, 0.15) is 0 Å². The third kappa shape index (κ3) is 8.32. The van der Waals surface area contributed by atoms with Crippen molar-refractivity contribution in [3.05, 3.63) is 386 Å². The molecule has 0 aromatic heterocycles. The molecule has 0 heterocycles. The van der Waals surface area contributed by atoms with Crippen molar-refractivity contribution in [1.82, 2.24) is 0 Å². The van der Waals surface area contributed by atoms with Crippen molar-refractivity contribution in [2.45, 2.75) is 5.41 Å². The van der Waals surface area contributed by atoms with E-state index in [2.05, 4.69) is 384 Å². The Morgan fingerprint density at radius 2 is 0.430 bits per heavy atom. The fraction of sp³-hybridized carbons (Fsp3) is 0.0112. The largest absolute Gasteiger partial charge is 0.307 e. The van der Waals surface area contributed by atoms with E-state index in [-0.39, 0.29) is 0 Å². The molecule has 0 aliphatic heterocycles. The first kappa shape index (κ1) is 53.8. The summed E-state index contributed by atoms with van der Waals surface area (Å²) in [5.74, 6) is 0. The third-order valence-corrected chi connectivity index (χ3v) is 19.3. The summed E-state index contributed by atoms with van der Waals surface area (Å²) in [4.78, 5) is 10.5. The first-order chi connectivity index (χ1) is 46.2. The van der Waals surface area contributed by atoms with Crippen molar-refractivity contribution < 1.29 is 0 Å². The van der Waals surface area contributed by atoms with Crippen LogP contribution in [0.15, 0.2) is 364 Å². The molecule has 1 spiro atoms. The highest BCUT2D eigenvalue weighted by Crippen LogP contribution is 2.73. The number of hydrogen-bond acceptors (Lipinski definition) is 4. The molecule has 0 N–H and O–H groups in total. The van der Waals surface area contributed by atoms with Crippen molar-refractivity contribution in [2.24, 2.45) is 0 Å². The van der Waals surface area contributed by atoms with Gasteiger partial charge in [-0.2, -0.15) is 0 Å². The Bertz CT molecular complexity index is 5480. The van der Waals surface area contributed by atoms with Gasteiger partial charge in [-0.15, -0.1) is 0 Å². The lowest BCUT2D eigenvalue weighted by molar-refractivity contribution is 0.793. The first-order valence-electron chi connectivity index (χ1n) is 32.1. The van der Waals surface area contributed by atoms with Crippen LogP contribution in [0.5, 0.6) is 0 Å². The molecule has 0 saturated heterocycles. The molecule has 2 aliphatic rings. The molecule has 0 unspecified atom stereocenters. The van der Waals surface area contributed by atoms with Crippen LogP contribution in [0.3, 0.4) is 0 Å². The molecule has 93 heavy (non-hydrogen) atoms. The SMILES string of the molecule is c1ccc(N(c2c3c(c(N(c4ccccc4)c4cccc5ccccc45)c(N(c4ccccc4)c4cccc5ccccc45)c2N(c2ccccc2)c2cccc4ccccc24)C2(c4ccccc4-c4ccccc42)c2ccccc2-3)c2cccc3ccccc23)cc1. The molecule has 16 aromatic rings. The van der Waals surface area contributed by atoms with Crippen molar-refractivity contribution in [3.63, 3.8) is 0 Å². The molecule has 0 amide bonds. The van der Waals surface area contributed by atoms with Crippen LogP contribution >= 0.6 is 0 Å². The zero-order valence-corrected chi connectivity index (χ0v) is 50.9. The molecule has 16 aromatic carbocycles. The van der Waals surface area contributed by atoms with Gasteiger partial charge in [0.2, 0.25) is 0 Å². The van der Waals surface area contributed by atoms with Crippen LogP contribution in [0, 0.1) is 0 Å². The molecule has 0 atom stereocenters. The molecular formula is C89H60N4. The lowest BCUT2D eigenvalue weighted by Crippen LogP contribution is -2.31. The van der Waals surface area contributed by atoms with Gasteiger partial charge in [0, 0.05) is 55.4 Å². The van der Waals surface area contributed by atoms with Gasteiger partial charge in [-0.05, 0) is 128 Å². The van der Waals surface area contributed by atoms with Crippen LogP contribution in [0.2, 0.25) is 0 Å². The summed E-state index contributed by atoms with van der Waals surface area (Å²) in [7, 11) is 0. The van der Waals surface area contributed by atoms with E-state index < -0.39 is 5.41 Å². The van der Waals surface area contributed by atoms with Crippen LogP contribution < -0.4 is 19.6 Å². The van der Waals surface area contributed by atoms with E-state index in [9.17, 15) is 0 Å². The van der Waals surface area contributed by atoms with Gasteiger partial charge in [0.25, 0.3) is 0 Å². The Morgan fingerprint density at radius 1 is 0.183 bits per heavy atom. The number of anilines is 12. The van der Waals surface area contributed by atoms with Gasteiger partial charge >= 0.3 is 0 Å². The second-order valence-electron chi connectivity index (χ2n) is 24.2. The summed E-state index contributed by atoms with van der Waals surface area (Å²) >= 11 is 0. The lowest BCUT2D eigenvalue weighted by atomic mass is 9.69. The molecule has 0 bridgehead atoms. The van der Waals surface area contributed by atoms with Crippen LogP contribution in [0.1, 0.15) is 22.3 Å². The highest BCUT2D eigenvalue weighted by Gasteiger charge is 2.57. The summed E-state index contributed by atoms with van der Waals surface area (Å²) in [6, 6.07) is 136. The Labute approximate surface area is 541 Å². The Hall–Kier alpha value is -12.2. The van der Waals surface area contributed by atoms with Crippen molar-refractivity contribution in [1.29, 1.82) is 0 Å². The molecule has 18 rings (SSSR count). The third-order valence-electron chi connectivity index (χ3n) is 19.3. The smallest absolute Gasteiger partial charge is 0.0975 e. The van der Waals surface area contributed by atoms with Gasteiger partial charge in [0.05, 0.1) is 50.9 Å². The number of hydrogen-bond donors (Lipinski definition) is 0. The molecule has 4 nitrogen and oxygen atoms in total. The Morgan fingerprint density at radius 3 is 0.785 bits per heavy atom. The minimum Gasteiger partial charge on any atom is -0.307 e. The summed E-state index contributed by atoms with van der Waals surface area (Å²) in [6.07, 6.45) is 0. The van der Waals surface area contributed by atoms with E-state index in [4.69, 9.17) is 0 Å². The van der Waals surface area contributed by atoms with Gasteiger partial charge < -0.3 is 19.6 Å². The molecule has 4 heteroatoms. The maximum absolute atomic E-state index is 2.65. The Balaban J connectivity index is 1.21. The van der Waals surface area contributed by atoms with Crippen LogP contribution in [-0.2, 0) is 5.41 Å². The molecular weight excluding hydrogens is 1130 g/mol. The highest BCUT2D eigenvalue weighted by molar-refractivity contribution is 6.21. The van der Waals surface area contributed by atoms with Crippen molar-refractivity contribution in [2.75, 3.05) is 19.6 Å². The van der Waals surface area contributed by atoms with Crippen molar-refractivity contribution in [3.8, 4) is 22.3 Å². The van der Waals surface area contributed by atoms with Gasteiger partial charge in [-0.3, -0.25) is 0 Å². The second kappa shape index (κ2) is 22.1. The van der Waals surface area contributed by atoms with E-state index in [0.717, 1.165) is 122 Å². The monoisotopic (exact) mass is 1180 g/mol. The molecule has 0 saturated carbocycles. The van der Waals surface area contributed by atoms with E-state index in [1.165, 1.54) is 33.4 Å². The summed E-state index contributed by atoms with van der Waals surface area (Å²) in [6.45, 7) is 0. The normalized spacial score (nSPS) is 12.4. The van der Waals surface area contributed by atoms with E-state index in [0.29, 0.717) is 0 Å². The minimum atomic E-state index is -0.937. The quantitative estimate of drug-likeness (QED) is 0.121. The summed E-state index contributed by atoms with van der Waals surface area (Å²) in [5.41, 5.74) is 20.7. The number of benzene rings is 16. The number of nitrogens with zero attached hydrogens (tertiary/aromatic N) is 4. The van der Waals surface area contributed by atoms with Crippen LogP contribution in [0.25, 0.3) is 65.3 Å². The first-order valence-corrected chi connectivity index (χ1v) is 32.1. The average molecular weight is 1190 g/mol. The maximum atomic E-state index is 2.65. The average Bonchev–Trinajstić information content (AvgIpc) is 1.51. The van der Waals surface area contributed by atoms with Gasteiger partial charge in [-0.1, -0.05) is 291 Å². The van der Waals surface area contributed by atoms with Gasteiger partial charge in [-0.25, -0.2) is 0 Å². The predicted octanol–water partition coefficient (Wildman–Crippen LogP) is 24.5. The summed E-state index contributed by atoms with van der Waals surface area (Å²) < 4.78 is 0. The Kier molecular flexibility index (Phi) is 12.8. The molecule has 2 aliphatic carbocycles. The maximum Gasteiger partial charge on any atom is 0.0975 e. The fourth-order valence-electron chi connectivity index (χ4n) is 15.6. The topological polar surface area (TPSA) is 13.0 Å². The van der Waals surface area contributed by atoms with Crippen LogP contribution in [0.4, 0.5) is 68.2 Å². The second-order valence-corrected chi connectivity index (χ2v) is 24.2. The van der Waals surface area contributed by atoms with E-state index in [1.807, 2.05) is 0 Å². The zero-order chi connectivity index (χ0) is 61.4. The molecule has 0 radical (unpaired) electrons. The predicted molar refractivity (Wildman–Crippen MR) is 391 cm³/mol. The van der Waals surface area contributed by atoms with E-state index >= 15 is 0 Å². The lowest BCUT2D eigenvalue weighted by Gasteiger charge is -2.44. The highest BCUT2D eigenvalue weighted by atomic mass is 15.3. The number of para-hydroxylation sites is 4. The number of rotatable bonds is 12. The molecule has 436 valence electrons. The van der Waals surface area contributed by atoms with E-state index in [1.54, 1.807) is 0 Å². The van der Waals surface area contributed by atoms with Gasteiger partial charge in [0.15, 0.2) is 0 Å². The summed E-state index contributed by atoms with van der Waals surface area (Å²) in [5, 5.41) is 9.02. The molecule has 0 fully saturated rings. The minimum absolute atomic E-state index is 0.937. The standard InChI is InChI=1S/C89H60N4/c1-5-39-65(40-6-1)90(79-57-27-35-61-31-13-17-47-69(61)79)85-83-75-53-23-26-56-78(75)89(76-54-24-21-51-73(76)74-52-22-25-55-77(74)89)84(83)86(91(66-41-7-2-8-42-66)80-58-28-36-62-32-14-18-48-70(62)80)88(93(68-45-11-4-12-46-68)82-60-30-38-64-34-16-20-50-72(64)82)87(85)92(67-43-9-3-10-44-67)81-59-29-37-63-33-15-19-49-71(63)81/h1-60H.